The smallest absolute Gasteiger partial charge is 0.276 e. The Morgan fingerprint density at radius 1 is 1.04 bits per heavy atom. The van der Waals surface area contributed by atoms with Crippen LogP contribution in [0.1, 0.15) is 29.9 Å². The number of pyridine rings is 1. The van der Waals surface area contributed by atoms with Crippen LogP contribution in [0.25, 0.3) is 0 Å². The summed E-state index contributed by atoms with van der Waals surface area (Å²) in [6.07, 6.45) is 3.47. The summed E-state index contributed by atoms with van der Waals surface area (Å²) in [4.78, 5) is 16.4. The van der Waals surface area contributed by atoms with E-state index in [1.807, 2.05) is 44.2 Å². The van der Waals surface area contributed by atoms with Crippen molar-refractivity contribution in [3.63, 3.8) is 0 Å². The third-order valence-corrected chi connectivity index (χ3v) is 3.62. The van der Waals surface area contributed by atoms with Crippen LogP contribution in [0.5, 0.6) is 5.75 Å². The Labute approximate surface area is 157 Å². The van der Waals surface area contributed by atoms with Crippen molar-refractivity contribution in [3.05, 3.63) is 72.2 Å². The van der Waals surface area contributed by atoms with E-state index < -0.39 is 0 Å². The van der Waals surface area contributed by atoms with Crippen LogP contribution < -0.4 is 15.4 Å². The molecule has 7 nitrogen and oxygen atoms in total. The van der Waals surface area contributed by atoms with E-state index in [2.05, 4.69) is 25.8 Å². The maximum atomic E-state index is 12.4. The molecule has 1 aromatic carbocycles. The Morgan fingerprint density at radius 2 is 1.81 bits per heavy atom. The molecule has 2 aromatic heterocycles. The van der Waals surface area contributed by atoms with Gasteiger partial charge in [0.25, 0.3) is 5.91 Å². The number of para-hydroxylation sites is 2. The molecule has 0 aliphatic rings. The number of benzene rings is 1. The quantitative estimate of drug-likeness (QED) is 0.668. The molecule has 0 unspecified atom stereocenters. The fraction of sp³-hybridized carbons (Fsp3) is 0.200. The SMILES string of the molecule is CC(C)Oc1ccccc1NC(=O)c1ccc(NCc2ccncc2)nn1. The number of nitrogens with zero attached hydrogens (tertiary/aromatic N) is 3. The third kappa shape index (κ3) is 5.24. The standard InChI is InChI=1S/C20H21N5O2/c1-14(2)27-18-6-4-3-5-16(18)23-20(26)17-7-8-19(25-24-17)22-13-15-9-11-21-12-10-15/h3-12,14H,13H2,1-2H3,(H,22,25)(H,23,26). The summed E-state index contributed by atoms with van der Waals surface area (Å²) >= 11 is 0. The van der Waals surface area contributed by atoms with Gasteiger partial charge in [-0.25, -0.2) is 0 Å². The van der Waals surface area contributed by atoms with Crippen LogP contribution in [0, 0.1) is 0 Å². The van der Waals surface area contributed by atoms with Gasteiger partial charge in [-0.05, 0) is 55.8 Å². The number of rotatable bonds is 7. The minimum absolute atomic E-state index is 0.00796. The Balaban J connectivity index is 1.62. The van der Waals surface area contributed by atoms with Crippen LogP contribution in [0.4, 0.5) is 11.5 Å². The van der Waals surface area contributed by atoms with E-state index in [4.69, 9.17) is 4.74 Å². The van der Waals surface area contributed by atoms with E-state index in [-0.39, 0.29) is 17.7 Å². The zero-order chi connectivity index (χ0) is 19.1. The molecule has 1 amide bonds. The second-order valence-electron chi connectivity index (χ2n) is 6.13. The zero-order valence-electron chi connectivity index (χ0n) is 15.2. The molecule has 0 fully saturated rings. The highest BCUT2D eigenvalue weighted by Gasteiger charge is 2.12. The molecular weight excluding hydrogens is 342 g/mol. The first-order valence-corrected chi connectivity index (χ1v) is 8.65. The lowest BCUT2D eigenvalue weighted by molar-refractivity contribution is 0.102. The van der Waals surface area contributed by atoms with Gasteiger partial charge in [-0.2, -0.15) is 0 Å². The predicted octanol–water partition coefficient (Wildman–Crippen LogP) is 3.52. The van der Waals surface area contributed by atoms with Crippen LogP contribution in [-0.2, 0) is 6.54 Å². The molecule has 3 rings (SSSR count). The van der Waals surface area contributed by atoms with E-state index >= 15 is 0 Å². The topological polar surface area (TPSA) is 89.0 Å². The van der Waals surface area contributed by atoms with Crippen molar-refractivity contribution in [1.82, 2.24) is 15.2 Å². The first kappa shape index (κ1) is 18.3. The molecule has 2 heterocycles. The molecule has 27 heavy (non-hydrogen) atoms. The number of aromatic nitrogens is 3. The number of hydrogen-bond acceptors (Lipinski definition) is 6. The van der Waals surface area contributed by atoms with E-state index in [1.165, 1.54) is 0 Å². The maximum Gasteiger partial charge on any atom is 0.276 e. The molecule has 7 heteroatoms. The van der Waals surface area contributed by atoms with Gasteiger partial charge in [-0.15, -0.1) is 10.2 Å². The highest BCUT2D eigenvalue weighted by molar-refractivity contribution is 6.03. The van der Waals surface area contributed by atoms with Crippen molar-refractivity contribution in [2.45, 2.75) is 26.5 Å². The average Bonchev–Trinajstić information content (AvgIpc) is 2.69. The Kier molecular flexibility index (Phi) is 5.94. The van der Waals surface area contributed by atoms with Crippen molar-refractivity contribution in [3.8, 4) is 5.75 Å². The van der Waals surface area contributed by atoms with E-state index in [9.17, 15) is 4.79 Å². The zero-order valence-corrected chi connectivity index (χ0v) is 15.2. The molecule has 0 aliphatic heterocycles. The molecule has 0 bridgehead atoms. The van der Waals surface area contributed by atoms with Crippen molar-refractivity contribution < 1.29 is 9.53 Å². The number of carbonyl (C=O) groups is 1. The summed E-state index contributed by atoms with van der Waals surface area (Å²) in [6, 6.07) is 14.5. The largest absolute Gasteiger partial charge is 0.489 e. The maximum absolute atomic E-state index is 12.4. The van der Waals surface area contributed by atoms with Gasteiger partial charge in [0.2, 0.25) is 0 Å². The Hall–Kier alpha value is -3.48. The Bertz CT molecular complexity index is 882. The molecule has 0 atom stereocenters. The van der Waals surface area contributed by atoms with Crippen molar-refractivity contribution in [2.24, 2.45) is 0 Å². The minimum Gasteiger partial charge on any atom is -0.489 e. The third-order valence-electron chi connectivity index (χ3n) is 3.62. The first-order valence-electron chi connectivity index (χ1n) is 8.65. The van der Waals surface area contributed by atoms with Crippen LogP contribution >= 0.6 is 0 Å². The summed E-state index contributed by atoms with van der Waals surface area (Å²) in [5.74, 6) is 0.861. The molecule has 0 aliphatic carbocycles. The van der Waals surface area contributed by atoms with E-state index in [1.54, 1.807) is 30.6 Å². The van der Waals surface area contributed by atoms with Crippen molar-refractivity contribution in [1.29, 1.82) is 0 Å². The van der Waals surface area contributed by atoms with Gasteiger partial charge in [0.1, 0.15) is 11.6 Å². The number of carbonyl (C=O) groups excluding carboxylic acids is 1. The summed E-state index contributed by atoms with van der Waals surface area (Å²) in [6.45, 7) is 4.46. The number of nitrogens with one attached hydrogen (secondary N) is 2. The van der Waals surface area contributed by atoms with E-state index in [0.29, 0.717) is 23.8 Å². The molecule has 0 saturated heterocycles. The molecule has 0 saturated carbocycles. The van der Waals surface area contributed by atoms with Gasteiger partial charge in [0.05, 0.1) is 11.8 Å². The minimum atomic E-state index is -0.344. The highest BCUT2D eigenvalue weighted by atomic mass is 16.5. The fourth-order valence-electron chi connectivity index (χ4n) is 2.35. The van der Waals surface area contributed by atoms with Gasteiger partial charge < -0.3 is 15.4 Å². The molecular formula is C20H21N5O2. The molecule has 3 aromatic rings. The van der Waals surface area contributed by atoms with Gasteiger partial charge in [0, 0.05) is 18.9 Å². The summed E-state index contributed by atoms with van der Waals surface area (Å²) in [5.41, 5.74) is 1.90. The Morgan fingerprint density at radius 3 is 2.52 bits per heavy atom. The second-order valence-corrected chi connectivity index (χ2v) is 6.13. The van der Waals surface area contributed by atoms with Gasteiger partial charge in [0.15, 0.2) is 5.69 Å². The normalized spacial score (nSPS) is 10.5. The number of ether oxygens (including phenoxy) is 1. The highest BCUT2D eigenvalue weighted by Crippen LogP contribution is 2.25. The molecule has 0 spiro atoms. The second kappa shape index (κ2) is 8.75. The molecule has 2 N–H and O–H groups in total. The van der Waals surface area contributed by atoms with Gasteiger partial charge >= 0.3 is 0 Å². The van der Waals surface area contributed by atoms with Gasteiger partial charge in [-0.1, -0.05) is 12.1 Å². The lowest BCUT2D eigenvalue weighted by atomic mass is 10.2. The lowest BCUT2D eigenvalue weighted by Gasteiger charge is -2.14. The summed E-state index contributed by atoms with van der Waals surface area (Å²) < 4.78 is 5.71. The van der Waals surface area contributed by atoms with Crippen molar-refractivity contribution >= 4 is 17.4 Å². The monoisotopic (exact) mass is 363 g/mol. The number of amides is 1. The lowest BCUT2D eigenvalue weighted by Crippen LogP contribution is -2.16. The number of anilines is 2. The molecule has 138 valence electrons. The average molecular weight is 363 g/mol. The van der Waals surface area contributed by atoms with Crippen LogP contribution in [-0.4, -0.2) is 27.2 Å². The predicted molar refractivity (Wildman–Crippen MR) is 104 cm³/mol. The van der Waals surface area contributed by atoms with Crippen LogP contribution in [0.2, 0.25) is 0 Å². The summed E-state index contributed by atoms with van der Waals surface area (Å²) in [5, 5.41) is 14.0. The first-order chi connectivity index (χ1) is 13.1. The van der Waals surface area contributed by atoms with Crippen molar-refractivity contribution in [2.75, 3.05) is 10.6 Å². The number of hydrogen-bond donors (Lipinski definition) is 2. The van der Waals surface area contributed by atoms with E-state index in [0.717, 1.165) is 5.56 Å². The van der Waals surface area contributed by atoms with Gasteiger partial charge in [-0.3, -0.25) is 9.78 Å². The fourth-order valence-corrected chi connectivity index (χ4v) is 2.35. The summed E-state index contributed by atoms with van der Waals surface area (Å²) in [7, 11) is 0. The van der Waals surface area contributed by atoms with Crippen LogP contribution in [0.15, 0.2) is 60.9 Å². The van der Waals surface area contributed by atoms with Crippen LogP contribution in [0.3, 0.4) is 0 Å². The molecule has 0 radical (unpaired) electrons.